The number of hydrogen-bond acceptors (Lipinski definition) is 2. The molecule has 0 heterocycles. The molecule has 98 valence electrons. The zero-order chi connectivity index (χ0) is 12.7. The van der Waals surface area contributed by atoms with E-state index in [4.69, 9.17) is 0 Å². The van der Waals surface area contributed by atoms with Crippen LogP contribution in [0.1, 0.15) is 47.5 Å². The Morgan fingerprint density at radius 1 is 1.00 bits per heavy atom. The van der Waals surface area contributed by atoms with Crippen molar-refractivity contribution >= 4 is 10.8 Å². The maximum atomic E-state index is 11.3. The average molecular weight is 247 g/mol. The van der Waals surface area contributed by atoms with Crippen LogP contribution in [0.25, 0.3) is 0 Å². The van der Waals surface area contributed by atoms with Crippen molar-refractivity contribution in [3.63, 3.8) is 0 Å². The van der Waals surface area contributed by atoms with E-state index in [1.807, 2.05) is 6.92 Å². The van der Waals surface area contributed by atoms with Crippen molar-refractivity contribution in [1.82, 2.24) is 5.32 Å². The van der Waals surface area contributed by atoms with E-state index in [9.17, 15) is 4.21 Å². The maximum absolute atomic E-state index is 11.3. The molecule has 0 amide bonds. The van der Waals surface area contributed by atoms with Crippen LogP contribution in [0.15, 0.2) is 0 Å². The third-order valence-corrected chi connectivity index (χ3v) is 4.07. The van der Waals surface area contributed by atoms with E-state index in [0.717, 1.165) is 18.4 Å². The highest BCUT2D eigenvalue weighted by Gasteiger charge is 2.14. The van der Waals surface area contributed by atoms with Crippen LogP contribution in [0.2, 0.25) is 0 Å². The molecule has 2 nitrogen and oxygen atoms in total. The smallest absolute Gasteiger partial charge is 0.0441 e. The summed E-state index contributed by atoms with van der Waals surface area (Å²) in [6, 6.07) is 0.575. The minimum absolute atomic E-state index is 0.252. The second kappa shape index (κ2) is 8.24. The summed E-state index contributed by atoms with van der Waals surface area (Å²) in [4.78, 5) is 0. The average Bonchev–Trinajstić information content (AvgIpc) is 2.11. The van der Waals surface area contributed by atoms with E-state index in [0.29, 0.717) is 6.04 Å². The van der Waals surface area contributed by atoms with Crippen molar-refractivity contribution in [1.29, 1.82) is 0 Å². The molecular formula is C13H29NOS. The molecule has 0 rings (SSSR count). The normalized spacial score (nSPS) is 16.1. The quantitative estimate of drug-likeness (QED) is 0.714. The molecule has 3 heteroatoms. The SMILES string of the molecule is CC(C)CC(CC(C)C)NCC(C)S(C)=O. The van der Waals surface area contributed by atoms with Gasteiger partial charge in [-0.1, -0.05) is 27.7 Å². The van der Waals surface area contributed by atoms with Gasteiger partial charge in [0.05, 0.1) is 0 Å². The predicted molar refractivity (Wildman–Crippen MR) is 74.2 cm³/mol. The zero-order valence-corrected chi connectivity index (χ0v) is 12.6. The summed E-state index contributed by atoms with van der Waals surface area (Å²) in [5, 5.41) is 3.82. The molecular weight excluding hydrogens is 218 g/mol. The van der Waals surface area contributed by atoms with Gasteiger partial charge in [0.1, 0.15) is 0 Å². The van der Waals surface area contributed by atoms with Gasteiger partial charge in [-0.15, -0.1) is 0 Å². The molecule has 0 aliphatic rings. The van der Waals surface area contributed by atoms with Crippen molar-refractivity contribution in [2.75, 3.05) is 12.8 Å². The van der Waals surface area contributed by atoms with Gasteiger partial charge in [-0.25, -0.2) is 0 Å². The van der Waals surface area contributed by atoms with Crippen LogP contribution in [0.3, 0.4) is 0 Å². The van der Waals surface area contributed by atoms with Gasteiger partial charge in [0.2, 0.25) is 0 Å². The van der Waals surface area contributed by atoms with Crippen molar-refractivity contribution < 1.29 is 4.21 Å². The molecule has 2 atom stereocenters. The Morgan fingerprint density at radius 2 is 1.44 bits per heavy atom. The molecule has 0 aliphatic carbocycles. The lowest BCUT2D eigenvalue weighted by Crippen LogP contribution is -2.37. The summed E-state index contributed by atoms with van der Waals surface area (Å²) in [7, 11) is -0.715. The molecule has 0 aromatic carbocycles. The summed E-state index contributed by atoms with van der Waals surface area (Å²) in [6.07, 6.45) is 4.20. The van der Waals surface area contributed by atoms with E-state index in [2.05, 4.69) is 33.0 Å². The lowest BCUT2D eigenvalue weighted by atomic mass is 9.95. The number of rotatable bonds is 8. The molecule has 0 spiro atoms. The van der Waals surface area contributed by atoms with E-state index in [1.54, 1.807) is 6.26 Å². The van der Waals surface area contributed by atoms with Crippen LogP contribution in [-0.4, -0.2) is 28.3 Å². The van der Waals surface area contributed by atoms with Crippen LogP contribution >= 0.6 is 0 Å². The lowest BCUT2D eigenvalue weighted by Gasteiger charge is -2.23. The maximum Gasteiger partial charge on any atom is 0.0441 e. The van der Waals surface area contributed by atoms with E-state index < -0.39 is 10.8 Å². The van der Waals surface area contributed by atoms with E-state index >= 15 is 0 Å². The molecule has 0 bridgehead atoms. The fraction of sp³-hybridized carbons (Fsp3) is 1.00. The largest absolute Gasteiger partial charge is 0.313 e. The van der Waals surface area contributed by atoms with Crippen LogP contribution in [-0.2, 0) is 10.8 Å². The van der Waals surface area contributed by atoms with E-state index in [1.165, 1.54) is 12.8 Å². The molecule has 0 aromatic heterocycles. The van der Waals surface area contributed by atoms with Gasteiger partial charge < -0.3 is 5.32 Å². The standard InChI is InChI=1S/C13H29NOS/c1-10(2)7-13(8-11(3)4)14-9-12(5)16(6)15/h10-14H,7-9H2,1-6H3. The molecule has 0 saturated heterocycles. The molecule has 0 saturated carbocycles. The van der Waals surface area contributed by atoms with Crippen molar-refractivity contribution in [2.45, 2.75) is 58.8 Å². The number of nitrogens with one attached hydrogen (secondary N) is 1. The van der Waals surface area contributed by atoms with Gasteiger partial charge in [0, 0.05) is 34.9 Å². The summed E-state index contributed by atoms with van der Waals surface area (Å²) in [5.74, 6) is 1.44. The number of hydrogen-bond donors (Lipinski definition) is 1. The van der Waals surface area contributed by atoms with Gasteiger partial charge in [0.25, 0.3) is 0 Å². The second-order valence-corrected chi connectivity index (χ2v) is 7.48. The minimum Gasteiger partial charge on any atom is -0.313 e. The Kier molecular flexibility index (Phi) is 8.29. The zero-order valence-electron chi connectivity index (χ0n) is 11.7. The third kappa shape index (κ3) is 8.28. The first-order valence-electron chi connectivity index (χ1n) is 6.38. The second-order valence-electron chi connectivity index (χ2n) is 5.67. The van der Waals surface area contributed by atoms with Gasteiger partial charge >= 0.3 is 0 Å². The monoisotopic (exact) mass is 247 g/mol. The van der Waals surface area contributed by atoms with Crippen molar-refractivity contribution in [2.24, 2.45) is 11.8 Å². The summed E-state index contributed by atoms with van der Waals surface area (Å²) in [6.45, 7) is 12.0. The first kappa shape index (κ1) is 16.1. The summed E-state index contributed by atoms with van der Waals surface area (Å²) >= 11 is 0. The highest BCUT2D eigenvalue weighted by molar-refractivity contribution is 7.84. The predicted octanol–water partition coefficient (Wildman–Crippen LogP) is 2.80. The van der Waals surface area contributed by atoms with Crippen molar-refractivity contribution in [3.05, 3.63) is 0 Å². The highest BCUT2D eigenvalue weighted by atomic mass is 32.2. The Hall–Kier alpha value is 0.110. The first-order chi connectivity index (χ1) is 7.32. The van der Waals surface area contributed by atoms with Gasteiger partial charge in [0.15, 0.2) is 0 Å². The molecule has 0 fully saturated rings. The molecule has 1 N–H and O–H groups in total. The fourth-order valence-corrected chi connectivity index (χ4v) is 2.18. The first-order valence-corrected chi connectivity index (χ1v) is 8.00. The molecule has 16 heavy (non-hydrogen) atoms. The fourth-order valence-electron chi connectivity index (χ4n) is 1.85. The lowest BCUT2D eigenvalue weighted by molar-refractivity contribution is 0.361. The topological polar surface area (TPSA) is 29.1 Å². The minimum atomic E-state index is -0.715. The summed E-state index contributed by atoms with van der Waals surface area (Å²) in [5.41, 5.74) is 0. The highest BCUT2D eigenvalue weighted by Crippen LogP contribution is 2.13. The van der Waals surface area contributed by atoms with Gasteiger partial charge in [-0.3, -0.25) is 4.21 Å². The molecule has 0 radical (unpaired) electrons. The Labute approximate surface area is 104 Å². The third-order valence-electron chi connectivity index (χ3n) is 2.77. The van der Waals surface area contributed by atoms with Crippen LogP contribution in [0.5, 0.6) is 0 Å². The summed E-state index contributed by atoms with van der Waals surface area (Å²) < 4.78 is 11.3. The van der Waals surface area contributed by atoms with E-state index in [-0.39, 0.29) is 5.25 Å². The molecule has 2 unspecified atom stereocenters. The van der Waals surface area contributed by atoms with Crippen molar-refractivity contribution in [3.8, 4) is 0 Å². The van der Waals surface area contributed by atoms with Crippen LogP contribution in [0, 0.1) is 11.8 Å². The van der Waals surface area contributed by atoms with Gasteiger partial charge in [-0.2, -0.15) is 0 Å². The molecule has 0 aliphatic heterocycles. The molecule has 0 aromatic rings. The Morgan fingerprint density at radius 3 is 1.75 bits per heavy atom. The Balaban J connectivity index is 4.05. The van der Waals surface area contributed by atoms with Gasteiger partial charge in [-0.05, 0) is 31.6 Å². The Bertz CT molecular complexity index is 194. The van der Waals surface area contributed by atoms with Crippen LogP contribution < -0.4 is 5.32 Å². The van der Waals surface area contributed by atoms with Crippen LogP contribution in [0.4, 0.5) is 0 Å².